The van der Waals surface area contributed by atoms with Crippen LogP contribution in [0.1, 0.15) is 38.8 Å². The summed E-state index contributed by atoms with van der Waals surface area (Å²) in [5.74, 6) is 1.14. The molecule has 0 aromatic heterocycles. The van der Waals surface area contributed by atoms with E-state index in [4.69, 9.17) is 4.74 Å². The van der Waals surface area contributed by atoms with E-state index in [1.54, 1.807) is 13.2 Å². The minimum absolute atomic E-state index is 0.323. The number of aryl methyl sites for hydroxylation is 2. The molecule has 0 aliphatic carbocycles. The molecule has 0 amide bonds. The van der Waals surface area contributed by atoms with Gasteiger partial charge in [-0.15, -0.1) is 0 Å². The average molecular weight is 212 g/mol. The van der Waals surface area contributed by atoms with Crippen molar-refractivity contribution in [3.05, 3.63) is 23.3 Å². The lowest BCUT2D eigenvalue weighted by Crippen LogP contribution is -1.87. The summed E-state index contributed by atoms with van der Waals surface area (Å²) in [6.07, 6.45) is 0. The first-order valence-electron chi connectivity index (χ1n) is 5.49. The quantitative estimate of drug-likeness (QED) is 0.760. The van der Waals surface area contributed by atoms with Crippen molar-refractivity contribution in [2.45, 2.75) is 41.5 Å². The Morgan fingerprint density at radius 3 is 1.80 bits per heavy atom. The molecule has 0 fully saturated rings. The van der Waals surface area contributed by atoms with E-state index in [1.165, 1.54) is 0 Å². The van der Waals surface area contributed by atoms with Gasteiger partial charge in [0, 0.05) is 0 Å². The van der Waals surface area contributed by atoms with Crippen LogP contribution in [0.4, 0.5) is 0 Å². The van der Waals surface area contributed by atoms with Crippen molar-refractivity contribution in [3.63, 3.8) is 0 Å². The summed E-state index contributed by atoms with van der Waals surface area (Å²) in [5.41, 5.74) is 1.79. The molecule has 88 valence electrons. The fourth-order valence-corrected chi connectivity index (χ4v) is 0.994. The van der Waals surface area contributed by atoms with Crippen LogP contribution >= 0.6 is 0 Å². The van der Waals surface area contributed by atoms with Crippen molar-refractivity contribution < 1.29 is 9.84 Å². The fraction of sp³-hybridized carbons (Fsp3) is 0.538. The van der Waals surface area contributed by atoms with E-state index < -0.39 is 0 Å². The van der Waals surface area contributed by atoms with Crippen LogP contribution in [-0.2, 0) is 0 Å². The number of rotatable bonds is 1. The molecule has 0 radical (unpaired) electrons. The van der Waals surface area contributed by atoms with Gasteiger partial charge in [0.1, 0.15) is 11.5 Å². The van der Waals surface area contributed by atoms with Gasteiger partial charge in [-0.3, -0.25) is 0 Å². The highest BCUT2D eigenvalue weighted by Gasteiger charge is 2.01. The summed E-state index contributed by atoms with van der Waals surface area (Å²) in [7, 11) is 1.62. The van der Waals surface area contributed by atoms with Crippen molar-refractivity contribution in [2.75, 3.05) is 7.11 Å². The Labute approximate surface area is 93.9 Å². The molecule has 0 unspecified atom stereocenters. The van der Waals surface area contributed by atoms with E-state index in [1.807, 2.05) is 47.6 Å². The van der Waals surface area contributed by atoms with E-state index in [0.29, 0.717) is 5.75 Å². The van der Waals surface area contributed by atoms with E-state index in [-0.39, 0.29) is 0 Å². The summed E-state index contributed by atoms with van der Waals surface area (Å²) < 4.78 is 5.07. The van der Waals surface area contributed by atoms with Crippen molar-refractivity contribution in [1.82, 2.24) is 0 Å². The first-order valence-corrected chi connectivity index (χ1v) is 5.49. The summed E-state index contributed by atoms with van der Waals surface area (Å²) >= 11 is 0. The molecule has 15 heavy (non-hydrogen) atoms. The van der Waals surface area contributed by atoms with Crippen LogP contribution in [0.3, 0.4) is 0 Å². The summed E-state index contributed by atoms with van der Waals surface area (Å²) in [4.78, 5) is 0. The van der Waals surface area contributed by atoms with Crippen LogP contribution in [-0.4, -0.2) is 12.2 Å². The van der Waals surface area contributed by atoms with Gasteiger partial charge in [-0.25, -0.2) is 0 Å². The molecule has 0 spiro atoms. The maximum absolute atomic E-state index is 9.26. The molecule has 1 N–H and O–H groups in total. The van der Waals surface area contributed by atoms with Gasteiger partial charge in [0.05, 0.1) is 7.11 Å². The van der Waals surface area contributed by atoms with Crippen LogP contribution in [0, 0.1) is 13.8 Å². The zero-order valence-electron chi connectivity index (χ0n) is 11.0. The molecule has 2 heteroatoms. The fourth-order valence-electron chi connectivity index (χ4n) is 0.994. The van der Waals surface area contributed by atoms with Gasteiger partial charge < -0.3 is 9.84 Å². The number of benzene rings is 1. The maximum Gasteiger partial charge on any atom is 0.122 e. The molecule has 0 aliphatic heterocycles. The van der Waals surface area contributed by atoms with E-state index >= 15 is 0 Å². The Bertz CT molecular complexity index is 267. The standard InChI is InChI=1S/C9H12O2.2C2H6/c1-6-5-9(11-3)7(2)4-8(6)10;2*1-2/h4-5,10H,1-3H3;2*1-2H3. The van der Waals surface area contributed by atoms with Gasteiger partial charge in [0.15, 0.2) is 0 Å². The van der Waals surface area contributed by atoms with Gasteiger partial charge >= 0.3 is 0 Å². The highest BCUT2D eigenvalue weighted by Crippen LogP contribution is 2.26. The Morgan fingerprint density at radius 1 is 0.933 bits per heavy atom. The van der Waals surface area contributed by atoms with Gasteiger partial charge in [-0.2, -0.15) is 0 Å². The molecule has 1 rings (SSSR count). The van der Waals surface area contributed by atoms with Crippen molar-refractivity contribution >= 4 is 0 Å². The highest BCUT2D eigenvalue weighted by atomic mass is 16.5. The molecule has 0 atom stereocenters. The minimum atomic E-state index is 0.323. The largest absolute Gasteiger partial charge is 0.508 e. The Morgan fingerprint density at radius 2 is 1.40 bits per heavy atom. The molecule has 1 aromatic rings. The number of phenols is 1. The number of ether oxygens (including phenoxy) is 1. The topological polar surface area (TPSA) is 29.5 Å². The first kappa shape index (κ1) is 16.3. The lowest BCUT2D eigenvalue weighted by atomic mass is 10.1. The van der Waals surface area contributed by atoms with Crippen LogP contribution in [0.25, 0.3) is 0 Å². The normalized spacial score (nSPS) is 7.93. The van der Waals surface area contributed by atoms with E-state index in [9.17, 15) is 5.11 Å². The van der Waals surface area contributed by atoms with Gasteiger partial charge in [0.2, 0.25) is 0 Å². The Hall–Kier alpha value is -1.18. The molecule has 0 bridgehead atoms. The van der Waals surface area contributed by atoms with Crippen molar-refractivity contribution in [3.8, 4) is 11.5 Å². The summed E-state index contributed by atoms with van der Waals surface area (Å²) in [5, 5.41) is 9.26. The second-order valence-electron chi connectivity index (χ2n) is 2.61. The van der Waals surface area contributed by atoms with Crippen molar-refractivity contribution in [2.24, 2.45) is 0 Å². The number of hydrogen-bond donors (Lipinski definition) is 1. The lowest BCUT2D eigenvalue weighted by molar-refractivity contribution is 0.408. The second-order valence-corrected chi connectivity index (χ2v) is 2.61. The first-order chi connectivity index (χ1) is 7.15. The van der Waals surface area contributed by atoms with Gasteiger partial charge in [-0.1, -0.05) is 27.7 Å². The van der Waals surface area contributed by atoms with Crippen LogP contribution < -0.4 is 4.74 Å². The van der Waals surface area contributed by atoms with Crippen LogP contribution in [0.15, 0.2) is 12.1 Å². The predicted octanol–water partition coefficient (Wildman–Crippen LogP) is 4.07. The number of phenolic OH excluding ortho intramolecular Hbond substituents is 1. The minimum Gasteiger partial charge on any atom is -0.508 e. The number of methoxy groups -OCH3 is 1. The molecule has 1 aromatic carbocycles. The Kier molecular flexibility index (Phi) is 10.2. The zero-order valence-corrected chi connectivity index (χ0v) is 11.0. The molecule has 0 heterocycles. The zero-order chi connectivity index (χ0) is 12.4. The van der Waals surface area contributed by atoms with Gasteiger partial charge in [0.25, 0.3) is 0 Å². The highest BCUT2D eigenvalue weighted by molar-refractivity contribution is 5.44. The lowest BCUT2D eigenvalue weighted by Gasteiger charge is -2.06. The molecule has 2 nitrogen and oxygen atoms in total. The monoisotopic (exact) mass is 212 g/mol. The molecule has 0 aliphatic rings. The molecule has 0 saturated heterocycles. The molecular formula is C13H24O2. The smallest absolute Gasteiger partial charge is 0.122 e. The third-order valence-electron chi connectivity index (χ3n) is 1.71. The maximum atomic E-state index is 9.26. The second kappa shape index (κ2) is 9.38. The van der Waals surface area contributed by atoms with Crippen LogP contribution in [0.2, 0.25) is 0 Å². The van der Waals surface area contributed by atoms with E-state index in [2.05, 4.69) is 0 Å². The average Bonchev–Trinajstić information content (AvgIpc) is 2.29. The number of aromatic hydroxyl groups is 1. The summed E-state index contributed by atoms with van der Waals surface area (Å²) in [6, 6.07) is 3.53. The molecular weight excluding hydrogens is 188 g/mol. The van der Waals surface area contributed by atoms with E-state index in [0.717, 1.165) is 16.9 Å². The summed E-state index contributed by atoms with van der Waals surface area (Å²) in [6.45, 7) is 11.7. The Balaban J connectivity index is 0. The van der Waals surface area contributed by atoms with Crippen molar-refractivity contribution in [1.29, 1.82) is 0 Å². The SMILES string of the molecule is CC.CC.COc1cc(C)c(O)cc1C. The third-order valence-corrected chi connectivity index (χ3v) is 1.71. The predicted molar refractivity (Wildman–Crippen MR) is 66.8 cm³/mol. The van der Waals surface area contributed by atoms with Gasteiger partial charge in [-0.05, 0) is 37.1 Å². The third kappa shape index (κ3) is 5.31. The molecule has 0 saturated carbocycles. The van der Waals surface area contributed by atoms with Crippen LogP contribution in [0.5, 0.6) is 11.5 Å². The number of hydrogen-bond acceptors (Lipinski definition) is 2.